The minimum absolute atomic E-state index is 0. The second-order valence-corrected chi connectivity index (χ2v) is 5.02. The summed E-state index contributed by atoms with van der Waals surface area (Å²) in [5.41, 5.74) is 0. The van der Waals surface area contributed by atoms with Crippen molar-refractivity contribution in [3.05, 3.63) is 12.2 Å². The maximum absolute atomic E-state index is 10.3. The number of hydrogen-bond acceptors (Lipinski definition) is 1. The molecule has 0 aromatic rings. The zero-order valence-electron chi connectivity index (χ0n) is 14.0. The molecule has 0 aliphatic heterocycles. The van der Waals surface area contributed by atoms with Crippen molar-refractivity contribution in [2.24, 2.45) is 0 Å². The standard InChI is InChI=1S/C16H30O2.K.H/c1-2-3-4-5-6-7-8-9-10-11-12-13-14-15-16(17)18;;/h7-8H,2-6,9-15H2,1H3,(H,17,18);;/q;+1;-1. The molecule has 0 spiro atoms. The van der Waals surface area contributed by atoms with Crippen LogP contribution in [0.1, 0.15) is 85.4 Å². The Morgan fingerprint density at radius 2 is 1.37 bits per heavy atom. The van der Waals surface area contributed by atoms with Gasteiger partial charge < -0.3 is 6.53 Å². The van der Waals surface area contributed by atoms with Crippen molar-refractivity contribution in [3.8, 4) is 0 Å². The molecular weight excluding hydrogens is 263 g/mol. The Morgan fingerprint density at radius 1 is 0.895 bits per heavy atom. The van der Waals surface area contributed by atoms with E-state index in [0.717, 1.165) is 12.8 Å². The molecule has 0 amide bonds. The third-order valence-corrected chi connectivity index (χ3v) is 3.15. The summed E-state index contributed by atoms with van der Waals surface area (Å²) < 4.78 is 0. The van der Waals surface area contributed by atoms with Gasteiger partial charge in [-0.1, -0.05) is 57.6 Å². The number of carboxylic acids is 1. The molecule has 19 heavy (non-hydrogen) atoms. The van der Waals surface area contributed by atoms with E-state index in [1.807, 2.05) is 0 Å². The van der Waals surface area contributed by atoms with Crippen LogP contribution < -0.4 is 51.4 Å². The summed E-state index contributed by atoms with van der Waals surface area (Å²) in [7, 11) is 0. The van der Waals surface area contributed by atoms with E-state index in [2.05, 4.69) is 19.1 Å². The third kappa shape index (κ3) is 21.3. The fourth-order valence-electron chi connectivity index (χ4n) is 1.99. The van der Waals surface area contributed by atoms with Crippen LogP contribution >= 0.6 is 0 Å². The molecule has 2 nitrogen and oxygen atoms in total. The zero-order valence-corrected chi connectivity index (χ0v) is 16.1. The van der Waals surface area contributed by atoms with E-state index in [0.29, 0.717) is 6.42 Å². The van der Waals surface area contributed by atoms with Crippen LogP contribution in [0.3, 0.4) is 0 Å². The Bertz CT molecular complexity index is 221. The Kier molecular flexibility index (Phi) is 22.0. The second kappa shape index (κ2) is 18.8. The Morgan fingerprint density at radius 3 is 1.89 bits per heavy atom. The second-order valence-electron chi connectivity index (χ2n) is 5.02. The molecule has 108 valence electrons. The Labute approximate surface area is 163 Å². The number of carboxylic acid groups (broad SMARTS) is 1. The van der Waals surface area contributed by atoms with E-state index in [-0.39, 0.29) is 52.8 Å². The molecule has 0 unspecified atom stereocenters. The van der Waals surface area contributed by atoms with Crippen molar-refractivity contribution in [2.45, 2.75) is 84.0 Å². The van der Waals surface area contributed by atoms with Gasteiger partial charge in [0.15, 0.2) is 0 Å². The molecule has 0 bridgehead atoms. The van der Waals surface area contributed by atoms with Crippen molar-refractivity contribution < 1.29 is 62.7 Å². The van der Waals surface area contributed by atoms with Gasteiger partial charge in [-0.2, -0.15) is 0 Å². The van der Waals surface area contributed by atoms with Crippen LogP contribution in [0.5, 0.6) is 0 Å². The zero-order chi connectivity index (χ0) is 13.5. The summed E-state index contributed by atoms with van der Waals surface area (Å²) in [5.74, 6) is -0.666. The molecule has 0 rings (SSSR count). The van der Waals surface area contributed by atoms with Crippen molar-refractivity contribution in [3.63, 3.8) is 0 Å². The minimum atomic E-state index is -0.666. The van der Waals surface area contributed by atoms with E-state index >= 15 is 0 Å². The molecular formula is C16H31KO2. The quantitative estimate of drug-likeness (QED) is 0.322. The molecule has 1 N–H and O–H groups in total. The van der Waals surface area contributed by atoms with E-state index in [1.165, 1.54) is 57.8 Å². The van der Waals surface area contributed by atoms with Gasteiger partial charge in [-0.3, -0.25) is 4.79 Å². The number of unbranched alkanes of at least 4 members (excludes halogenated alkanes) is 9. The van der Waals surface area contributed by atoms with Gasteiger partial charge in [0.2, 0.25) is 0 Å². The average Bonchev–Trinajstić information content (AvgIpc) is 2.34. The van der Waals surface area contributed by atoms with E-state index in [9.17, 15) is 4.79 Å². The van der Waals surface area contributed by atoms with Gasteiger partial charge >= 0.3 is 57.4 Å². The molecule has 0 saturated carbocycles. The summed E-state index contributed by atoms with van der Waals surface area (Å²) in [6.07, 6.45) is 18.3. The van der Waals surface area contributed by atoms with E-state index < -0.39 is 5.97 Å². The summed E-state index contributed by atoms with van der Waals surface area (Å²) in [5, 5.41) is 8.48. The molecule has 0 aliphatic rings. The molecule has 0 atom stereocenters. The maximum atomic E-state index is 10.3. The van der Waals surface area contributed by atoms with Crippen LogP contribution in [0.2, 0.25) is 0 Å². The number of aliphatic carboxylic acids is 1. The average molecular weight is 295 g/mol. The summed E-state index contributed by atoms with van der Waals surface area (Å²) in [6, 6.07) is 0. The molecule has 0 aliphatic carbocycles. The van der Waals surface area contributed by atoms with Gasteiger partial charge in [0, 0.05) is 6.42 Å². The van der Waals surface area contributed by atoms with Crippen LogP contribution in [0.25, 0.3) is 0 Å². The molecule has 0 heterocycles. The normalized spacial score (nSPS) is 10.6. The first kappa shape index (κ1) is 22.1. The molecule has 3 heteroatoms. The van der Waals surface area contributed by atoms with Gasteiger partial charge in [0.05, 0.1) is 0 Å². The third-order valence-electron chi connectivity index (χ3n) is 3.15. The predicted molar refractivity (Wildman–Crippen MR) is 79.0 cm³/mol. The molecule has 0 saturated heterocycles. The van der Waals surface area contributed by atoms with Crippen molar-refractivity contribution >= 4 is 5.97 Å². The van der Waals surface area contributed by atoms with Crippen molar-refractivity contribution in [1.29, 1.82) is 0 Å². The van der Waals surface area contributed by atoms with E-state index in [1.54, 1.807) is 0 Å². The summed E-state index contributed by atoms with van der Waals surface area (Å²) in [4.78, 5) is 10.3. The van der Waals surface area contributed by atoms with E-state index in [4.69, 9.17) is 5.11 Å². The van der Waals surface area contributed by atoms with Crippen LogP contribution in [0.15, 0.2) is 12.2 Å². The van der Waals surface area contributed by atoms with Crippen LogP contribution in [0.4, 0.5) is 0 Å². The predicted octanol–water partition coefficient (Wildman–Crippen LogP) is 2.44. The Hall–Kier alpha value is 0.846. The van der Waals surface area contributed by atoms with Crippen LogP contribution in [-0.2, 0) is 4.79 Å². The van der Waals surface area contributed by atoms with Gasteiger partial charge in [0.1, 0.15) is 0 Å². The summed E-state index contributed by atoms with van der Waals surface area (Å²) in [6.45, 7) is 2.24. The van der Waals surface area contributed by atoms with Gasteiger partial charge in [-0.05, 0) is 32.1 Å². The smallest absolute Gasteiger partial charge is 1.00 e. The molecule has 0 aromatic heterocycles. The van der Waals surface area contributed by atoms with Gasteiger partial charge in [0.25, 0.3) is 0 Å². The Balaban J connectivity index is -0.00000144. The van der Waals surface area contributed by atoms with Gasteiger partial charge in [-0.25, -0.2) is 0 Å². The number of allylic oxidation sites excluding steroid dienone is 2. The summed E-state index contributed by atoms with van der Waals surface area (Å²) >= 11 is 0. The van der Waals surface area contributed by atoms with Crippen molar-refractivity contribution in [2.75, 3.05) is 0 Å². The topological polar surface area (TPSA) is 37.3 Å². The maximum Gasteiger partial charge on any atom is 1.00 e. The number of hydrogen-bond donors (Lipinski definition) is 1. The van der Waals surface area contributed by atoms with Gasteiger partial charge in [-0.15, -0.1) is 0 Å². The van der Waals surface area contributed by atoms with Crippen molar-refractivity contribution in [1.82, 2.24) is 0 Å². The monoisotopic (exact) mass is 294 g/mol. The molecule has 0 fully saturated rings. The first-order valence-electron chi connectivity index (χ1n) is 7.64. The first-order chi connectivity index (χ1) is 8.77. The van der Waals surface area contributed by atoms with Crippen LogP contribution in [-0.4, -0.2) is 11.1 Å². The first-order valence-corrected chi connectivity index (χ1v) is 7.64. The fourth-order valence-corrected chi connectivity index (χ4v) is 1.99. The number of rotatable bonds is 13. The molecule has 0 aromatic carbocycles. The molecule has 0 radical (unpaired) electrons. The minimum Gasteiger partial charge on any atom is -1.00 e. The fraction of sp³-hybridized carbons (Fsp3) is 0.812. The largest absolute Gasteiger partial charge is 1.00 e. The van der Waals surface area contributed by atoms with Crippen LogP contribution in [0, 0.1) is 0 Å². The SMILES string of the molecule is CCCCCCC=CCCCCCCCC(=O)O.[H-].[K+]. The number of carbonyl (C=O) groups is 1.